The standard InChI is InChI=1S/C32H62N6O3/c1-23(2)14-8-11-18-36-27-28(30(40)29(27)39)37-21-20-35-26(6)22-25(5)15-9-12-19-38-31(41)32(7,33)16-10-13-17-34-24(3)4/h23-26,34-37H,8-22,33H2,1-7H3,(H,38,41)/t25?,26?,32-/m0/s1. The Balaban J connectivity index is 2.15. The van der Waals surface area contributed by atoms with Crippen molar-refractivity contribution < 1.29 is 4.79 Å². The molecule has 1 amide bonds. The first-order valence-electron chi connectivity index (χ1n) is 16.2. The lowest BCUT2D eigenvalue weighted by molar-refractivity contribution is -0.126. The number of hydrogen-bond acceptors (Lipinski definition) is 8. The number of carbonyl (C=O) groups excluding carboxylic acids is 1. The van der Waals surface area contributed by atoms with Crippen LogP contribution in [0, 0.1) is 11.8 Å². The summed E-state index contributed by atoms with van der Waals surface area (Å²) in [5, 5.41) is 16.2. The van der Waals surface area contributed by atoms with Gasteiger partial charge in [-0.25, -0.2) is 0 Å². The van der Waals surface area contributed by atoms with E-state index in [0.29, 0.717) is 54.8 Å². The number of unbranched alkanes of at least 4 members (excludes halogenated alkanes) is 3. The molecule has 0 aliphatic rings. The Morgan fingerprint density at radius 2 is 1.32 bits per heavy atom. The molecule has 41 heavy (non-hydrogen) atoms. The monoisotopic (exact) mass is 578 g/mol. The molecule has 0 aliphatic heterocycles. The molecule has 3 atom stereocenters. The summed E-state index contributed by atoms with van der Waals surface area (Å²) in [6.45, 7) is 18.6. The predicted molar refractivity (Wildman–Crippen MR) is 175 cm³/mol. The maximum absolute atomic E-state index is 12.5. The number of anilines is 2. The largest absolute Gasteiger partial charge is 0.380 e. The van der Waals surface area contributed by atoms with Crippen molar-refractivity contribution in [2.24, 2.45) is 17.6 Å². The van der Waals surface area contributed by atoms with E-state index in [9.17, 15) is 14.4 Å². The van der Waals surface area contributed by atoms with E-state index in [1.807, 2.05) is 6.92 Å². The van der Waals surface area contributed by atoms with Crippen molar-refractivity contribution in [2.75, 3.05) is 43.4 Å². The summed E-state index contributed by atoms with van der Waals surface area (Å²) < 4.78 is 0. The number of hydrogen-bond donors (Lipinski definition) is 6. The Morgan fingerprint density at radius 1 is 0.732 bits per heavy atom. The van der Waals surface area contributed by atoms with Crippen molar-refractivity contribution in [1.82, 2.24) is 16.0 Å². The van der Waals surface area contributed by atoms with Gasteiger partial charge in [-0.2, -0.15) is 0 Å². The van der Waals surface area contributed by atoms with E-state index in [2.05, 4.69) is 68.1 Å². The normalized spacial score (nSPS) is 14.8. The van der Waals surface area contributed by atoms with Crippen molar-refractivity contribution in [3.63, 3.8) is 0 Å². The molecule has 0 saturated carbocycles. The van der Waals surface area contributed by atoms with Crippen LogP contribution in [-0.2, 0) is 4.79 Å². The number of carbonyl (C=O) groups is 1. The highest BCUT2D eigenvalue weighted by molar-refractivity contribution is 5.85. The van der Waals surface area contributed by atoms with Crippen LogP contribution in [0.4, 0.5) is 11.4 Å². The topological polar surface area (TPSA) is 137 Å². The van der Waals surface area contributed by atoms with Crippen LogP contribution in [0.5, 0.6) is 0 Å². The molecule has 0 bridgehead atoms. The first-order valence-corrected chi connectivity index (χ1v) is 16.2. The lowest BCUT2D eigenvalue weighted by atomic mass is 9.94. The van der Waals surface area contributed by atoms with Crippen LogP contribution < -0.4 is 43.2 Å². The lowest BCUT2D eigenvalue weighted by Crippen LogP contribution is -2.51. The molecule has 0 spiro atoms. The molecular weight excluding hydrogens is 516 g/mol. The maximum atomic E-state index is 12.5. The molecule has 1 rings (SSSR count). The van der Waals surface area contributed by atoms with Crippen LogP contribution in [0.2, 0.25) is 0 Å². The Labute approximate surface area is 249 Å². The quantitative estimate of drug-likeness (QED) is 0.0753. The van der Waals surface area contributed by atoms with E-state index in [-0.39, 0.29) is 5.91 Å². The van der Waals surface area contributed by atoms with Crippen molar-refractivity contribution in [3.05, 3.63) is 20.4 Å². The van der Waals surface area contributed by atoms with Crippen LogP contribution >= 0.6 is 0 Å². The fourth-order valence-corrected chi connectivity index (χ4v) is 5.07. The van der Waals surface area contributed by atoms with E-state index < -0.39 is 16.4 Å². The van der Waals surface area contributed by atoms with Gasteiger partial charge in [-0.05, 0) is 70.8 Å². The highest BCUT2D eigenvalue weighted by Gasteiger charge is 2.27. The molecule has 1 aromatic rings. The first-order chi connectivity index (χ1) is 19.3. The zero-order valence-corrected chi connectivity index (χ0v) is 27.2. The lowest BCUT2D eigenvalue weighted by Gasteiger charge is -2.24. The smallest absolute Gasteiger partial charge is 0.253 e. The minimum Gasteiger partial charge on any atom is -0.380 e. The van der Waals surface area contributed by atoms with Gasteiger partial charge in [0.15, 0.2) is 0 Å². The Morgan fingerprint density at radius 3 is 1.95 bits per heavy atom. The number of nitrogens with two attached hydrogens (primary N) is 1. The van der Waals surface area contributed by atoms with Crippen LogP contribution in [0.3, 0.4) is 0 Å². The molecule has 0 aliphatic carbocycles. The number of rotatable bonds is 25. The summed E-state index contributed by atoms with van der Waals surface area (Å²) in [6, 6.07) is 0.834. The van der Waals surface area contributed by atoms with Gasteiger partial charge in [0.2, 0.25) is 5.91 Å². The Hall–Kier alpha value is -1.97. The summed E-state index contributed by atoms with van der Waals surface area (Å²) in [6.07, 6.45) is 10.1. The summed E-state index contributed by atoms with van der Waals surface area (Å²) >= 11 is 0. The molecule has 9 heteroatoms. The van der Waals surface area contributed by atoms with Gasteiger partial charge >= 0.3 is 0 Å². The van der Waals surface area contributed by atoms with Gasteiger partial charge in [-0.3, -0.25) is 14.4 Å². The molecule has 0 fully saturated rings. The van der Waals surface area contributed by atoms with Crippen LogP contribution in [-0.4, -0.2) is 56.3 Å². The Kier molecular flexibility index (Phi) is 18.1. The highest BCUT2D eigenvalue weighted by Crippen LogP contribution is 2.16. The number of nitrogens with one attached hydrogen (secondary N) is 5. The van der Waals surface area contributed by atoms with Crippen molar-refractivity contribution in [1.29, 1.82) is 0 Å². The van der Waals surface area contributed by atoms with Gasteiger partial charge in [0, 0.05) is 38.3 Å². The van der Waals surface area contributed by atoms with Gasteiger partial charge in [-0.15, -0.1) is 0 Å². The zero-order chi connectivity index (χ0) is 30.8. The molecular formula is C32H62N6O3. The third-order valence-corrected chi connectivity index (χ3v) is 7.70. The average Bonchev–Trinajstić information content (AvgIpc) is 2.89. The van der Waals surface area contributed by atoms with E-state index in [1.54, 1.807) is 0 Å². The van der Waals surface area contributed by atoms with Crippen molar-refractivity contribution in [3.8, 4) is 0 Å². The molecule has 9 nitrogen and oxygen atoms in total. The second-order valence-corrected chi connectivity index (χ2v) is 13.1. The van der Waals surface area contributed by atoms with Gasteiger partial charge in [0.25, 0.3) is 10.9 Å². The molecule has 238 valence electrons. The van der Waals surface area contributed by atoms with Gasteiger partial charge in [-0.1, -0.05) is 60.3 Å². The molecule has 0 aromatic heterocycles. The van der Waals surface area contributed by atoms with Crippen LogP contribution in [0.1, 0.15) is 113 Å². The molecule has 0 saturated heterocycles. The molecule has 0 heterocycles. The fraction of sp³-hybridized carbons (Fsp3) is 0.844. The molecule has 2 unspecified atom stereocenters. The Bertz CT molecular complexity index is 923. The van der Waals surface area contributed by atoms with Crippen LogP contribution in [0.25, 0.3) is 0 Å². The number of amides is 1. The summed E-state index contributed by atoms with van der Waals surface area (Å²) in [4.78, 5) is 36.4. The van der Waals surface area contributed by atoms with E-state index >= 15 is 0 Å². The van der Waals surface area contributed by atoms with Crippen molar-refractivity contribution >= 4 is 17.3 Å². The van der Waals surface area contributed by atoms with Gasteiger partial charge < -0.3 is 32.3 Å². The van der Waals surface area contributed by atoms with E-state index in [0.717, 1.165) is 71.0 Å². The third kappa shape index (κ3) is 15.7. The SMILES string of the molecule is CC(C)CCCCNc1c(NCCNC(C)CC(C)CCCCNC(=O)[C@@](C)(N)CCCCNC(C)C)c(=O)c1=O. The maximum Gasteiger partial charge on any atom is 0.253 e. The molecule has 1 aromatic carbocycles. The average molecular weight is 579 g/mol. The summed E-state index contributed by atoms with van der Waals surface area (Å²) in [7, 11) is 0. The minimum atomic E-state index is -0.815. The van der Waals surface area contributed by atoms with Crippen LogP contribution in [0.15, 0.2) is 9.59 Å². The fourth-order valence-electron chi connectivity index (χ4n) is 5.07. The third-order valence-electron chi connectivity index (χ3n) is 7.70. The highest BCUT2D eigenvalue weighted by atomic mass is 16.2. The summed E-state index contributed by atoms with van der Waals surface area (Å²) in [5.74, 6) is 1.20. The zero-order valence-electron chi connectivity index (χ0n) is 27.2. The predicted octanol–water partition coefficient (Wildman–Crippen LogP) is 4.11. The molecule has 0 radical (unpaired) electrons. The second kappa shape index (κ2) is 20.0. The van der Waals surface area contributed by atoms with Gasteiger partial charge in [0.1, 0.15) is 11.4 Å². The molecule has 7 N–H and O–H groups in total. The minimum absolute atomic E-state index is 0.0536. The van der Waals surface area contributed by atoms with Crippen molar-refractivity contribution in [2.45, 2.75) is 130 Å². The van der Waals surface area contributed by atoms with Gasteiger partial charge in [0.05, 0.1) is 5.54 Å². The van der Waals surface area contributed by atoms with E-state index in [1.165, 1.54) is 6.42 Å². The first kappa shape index (κ1) is 37.1. The summed E-state index contributed by atoms with van der Waals surface area (Å²) in [5.41, 5.74) is 5.51. The van der Waals surface area contributed by atoms with E-state index in [4.69, 9.17) is 5.73 Å². The second-order valence-electron chi connectivity index (χ2n) is 13.1.